The lowest BCUT2D eigenvalue weighted by molar-refractivity contribution is -0.230. The second kappa shape index (κ2) is 3.30. The van der Waals surface area contributed by atoms with E-state index in [9.17, 15) is 10.2 Å². The zero-order chi connectivity index (χ0) is 9.35. The van der Waals surface area contributed by atoms with E-state index in [1.807, 2.05) is 6.92 Å². The quantitative estimate of drug-likeness (QED) is 0.507. The van der Waals surface area contributed by atoms with Crippen molar-refractivity contribution in [3.05, 3.63) is 0 Å². The summed E-state index contributed by atoms with van der Waals surface area (Å²) in [4.78, 5) is 0. The Hall–Kier alpha value is -0.160. The van der Waals surface area contributed by atoms with E-state index in [-0.39, 0.29) is 8.03 Å². The van der Waals surface area contributed by atoms with Crippen LogP contribution >= 0.6 is 0 Å². The topological polar surface area (TPSA) is 69.9 Å². The molecule has 0 saturated carbocycles. The average Bonchev–Trinajstić information content (AvgIpc) is 2.09. The van der Waals surface area contributed by atoms with E-state index in [2.05, 4.69) is 0 Å². The molecule has 74 valence electrons. The molecule has 0 amide bonds. The largest absolute Gasteiger partial charge is 0.388 e. The number of aliphatic hydroxyl groups excluding tert-OH is 3. The molecule has 0 aromatic carbocycles. The summed E-state index contributed by atoms with van der Waals surface area (Å²) < 4.78 is 5.25. The standard InChI is InChI=1S/C8H16O4.H2/c1-3-8(2)7(11)6(10)5(9)4-12-8;/h5-7,9-11H,3-4H2,1-2H3;1H/t5-,6+,7?,8+;/m1./s1. The third-order valence-electron chi connectivity index (χ3n) is 2.63. The smallest absolute Gasteiger partial charge is 0.111 e. The molecule has 4 atom stereocenters. The molecule has 0 spiro atoms. The minimum atomic E-state index is -1.09. The van der Waals surface area contributed by atoms with Gasteiger partial charge in [0.15, 0.2) is 0 Å². The molecule has 12 heavy (non-hydrogen) atoms. The first-order valence-corrected chi connectivity index (χ1v) is 4.19. The molecule has 4 heteroatoms. The van der Waals surface area contributed by atoms with Crippen molar-refractivity contribution in [3.8, 4) is 0 Å². The lowest BCUT2D eigenvalue weighted by atomic mass is 9.87. The van der Waals surface area contributed by atoms with Crippen LogP contribution in [0, 0.1) is 0 Å². The van der Waals surface area contributed by atoms with Gasteiger partial charge in [0.05, 0.1) is 12.2 Å². The third-order valence-corrected chi connectivity index (χ3v) is 2.63. The summed E-state index contributed by atoms with van der Waals surface area (Å²) in [6.45, 7) is 3.68. The van der Waals surface area contributed by atoms with Gasteiger partial charge in [0, 0.05) is 1.43 Å². The van der Waals surface area contributed by atoms with Crippen molar-refractivity contribution >= 4 is 0 Å². The van der Waals surface area contributed by atoms with E-state index in [4.69, 9.17) is 9.84 Å². The van der Waals surface area contributed by atoms with Crippen LogP contribution in [-0.4, -0.2) is 45.8 Å². The summed E-state index contributed by atoms with van der Waals surface area (Å²) in [6, 6.07) is 0. The molecule has 1 saturated heterocycles. The molecule has 0 aliphatic carbocycles. The Labute approximate surface area is 73.3 Å². The maximum atomic E-state index is 9.53. The van der Waals surface area contributed by atoms with Crippen LogP contribution in [0.15, 0.2) is 0 Å². The first-order valence-electron chi connectivity index (χ1n) is 4.19. The zero-order valence-corrected chi connectivity index (χ0v) is 7.40. The maximum Gasteiger partial charge on any atom is 0.111 e. The van der Waals surface area contributed by atoms with Crippen LogP contribution in [0.5, 0.6) is 0 Å². The van der Waals surface area contributed by atoms with Gasteiger partial charge < -0.3 is 20.1 Å². The fraction of sp³-hybridized carbons (Fsp3) is 1.00. The molecular weight excluding hydrogens is 160 g/mol. The zero-order valence-electron chi connectivity index (χ0n) is 7.40. The highest BCUT2D eigenvalue weighted by molar-refractivity contribution is 4.94. The van der Waals surface area contributed by atoms with E-state index in [1.165, 1.54) is 0 Å². The Balaban J connectivity index is 0.00000144. The summed E-state index contributed by atoms with van der Waals surface area (Å²) in [7, 11) is 0. The monoisotopic (exact) mass is 178 g/mol. The molecule has 1 rings (SSSR count). The molecule has 0 bridgehead atoms. The number of hydrogen-bond donors (Lipinski definition) is 3. The molecule has 1 heterocycles. The Morgan fingerprint density at radius 3 is 2.58 bits per heavy atom. The fourth-order valence-corrected chi connectivity index (χ4v) is 1.34. The SMILES string of the molecule is CC[C@]1(C)OC[C@@H](O)[C@H](O)C1O.[HH]. The van der Waals surface area contributed by atoms with Crippen molar-refractivity contribution < 1.29 is 21.5 Å². The molecule has 0 aromatic rings. The van der Waals surface area contributed by atoms with Crippen LogP contribution < -0.4 is 0 Å². The Morgan fingerprint density at radius 1 is 1.50 bits per heavy atom. The summed E-state index contributed by atoms with van der Waals surface area (Å²) in [5.74, 6) is 0. The van der Waals surface area contributed by atoms with Gasteiger partial charge >= 0.3 is 0 Å². The number of ether oxygens (including phenoxy) is 1. The van der Waals surface area contributed by atoms with Gasteiger partial charge in [-0.05, 0) is 13.3 Å². The lowest BCUT2D eigenvalue weighted by Crippen LogP contribution is -2.59. The van der Waals surface area contributed by atoms with Crippen molar-refractivity contribution in [1.29, 1.82) is 0 Å². The van der Waals surface area contributed by atoms with Crippen LogP contribution in [0.1, 0.15) is 21.7 Å². The predicted molar refractivity (Wildman–Crippen MR) is 44.8 cm³/mol. The van der Waals surface area contributed by atoms with E-state index in [0.29, 0.717) is 6.42 Å². The molecule has 0 radical (unpaired) electrons. The number of aliphatic hydroxyl groups is 3. The van der Waals surface area contributed by atoms with Crippen molar-refractivity contribution in [2.24, 2.45) is 0 Å². The van der Waals surface area contributed by atoms with Crippen LogP contribution in [-0.2, 0) is 4.74 Å². The molecule has 1 aliphatic heterocycles. The van der Waals surface area contributed by atoms with E-state index < -0.39 is 23.9 Å². The van der Waals surface area contributed by atoms with Crippen LogP contribution in [0.2, 0.25) is 0 Å². The molecule has 4 nitrogen and oxygen atoms in total. The van der Waals surface area contributed by atoms with Crippen molar-refractivity contribution in [2.75, 3.05) is 6.61 Å². The first-order chi connectivity index (χ1) is 5.51. The van der Waals surface area contributed by atoms with Crippen LogP contribution in [0.3, 0.4) is 0 Å². The predicted octanol–water partition coefficient (Wildman–Crippen LogP) is -0.486. The normalized spacial score (nSPS) is 49.2. The summed E-state index contributed by atoms with van der Waals surface area (Å²) >= 11 is 0. The highest BCUT2D eigenvalue weighted by atomic mass is 16.5. The van der Waals surface area contributed by atoms with E-state index in [0.717, 1.165) is 0 Å². The second-order valence-corrected chi connectivity index (χ2v) is 3.48. The summed E-state index contributed by atoms with van der Waals surface area (Å²) in [5, 5.41) is 28.0. The Kier molecular flexibility index (Phi) is 2.73. The van der Waals surface area contributed by atoms with Gasteiger partial charge in [-0.15, -0.1) is 0 Å². The second-order valence-electron chi connectivity index (χ2n) is 3.48. The van der Waals surface area contributed by atoms with Gasteiger partial charge in [0.1, 0.15) is 18.3 Å². The maximum absolute atomic E-state index is 9.53. The van der Waals surface area contributed by atoms with Crippen LogP contribution in [0.25, 0.3) is 0 Å². The van der Waals surface area contributed by atoms with Crippen LogP contribution in [0.4, 0.5) is 0 Å². The number of rotatable bonds is 1. The highest BCUT2D eigenvalue weighted by Gasteiger charge is 2.44. The third kappa shape index (κ3) is 1.47. The molecule has 1 unspecified atom stereocenters. The minimum Gasteiger partial charge on any atom is -0.388 e. The highest BCUT2D eigenvalue weighted by Crippen LogP contribution is 2.28. The van der Waals surface area contributed by atoms with Gasteiger partial charge in [-0.25, -0.2) is 0 Å². The van der Waals surface area contributed by atoms with Gasteiger partial charge in [-0.2, -0.15) is 0 Å². The molecule has 1 fully saturated rings. The lowest BCUT2D eigenvalue weighted by Gasteiger charge is -2.42. The van der Waals surface area contributed by atoms with Crippen molar-refractivity contribution in [1.82, 2.24) is 0 Å². The number of hydrogen-bond acceptors (Lipinski definition) is 4. The molecular formula is C8H18O4. The summed E-state index contributed by atoms with van der Waals surface area (Å²) in [6.07, 6.45) is -2.47. The average molecular weight is 178 g/mol. The van der Waals surface area contributed by atoms with E-state index >= 15 is 0 Å². The Morgan fingerprint density at radius 2 is 2.08 bits per heavy atom. The Bertz CT molecular complexity index is 166. The van der Waals surface area contributed by atoms with Crippen molar-refractivity contribution in [3.63, 3.8) is 0 Å². The van der Waals surface area contributed by atoms with Gasteiger partial charge in [0.2, 0.25) is 0 Å². The van der Waals surface area contributed by atoms with Gasteiger partial charge in [-0.3, -0.25) is 0 Å². The van der Waals surface area contributed by atoms with Gasteiger partial charge in [0.25, 0.3) is 0 Å². The molecule has 3 N–H and O–H groups in total. The first kappa shape index (κ1) is 9.92. The summed E-state index contributed by atoms with van der Waals surface area (Å²) in [5.41, 5.74) is -0.724. The minimum absolute atomic E-state index is 0. The van der Waals surface area contributed by atoms with Crippen molar-refractivity contribution in [2.45, 2.75) is 44.2 Å². The molecule has 0 aromatic heterocycles. The van der Waals surface area contributed by atoms with E-state index in [1.54, 1.807) is 6.92 Å². The fourth-order valence-electron chi connectivity index (χ4n) is 1.34. The van der Waals surface area contributed by atoms with Gasteiger partial charge in [-0.1, -0.05) is 6.92 Å². The molecule has 1 aliphatic rings.